The van der Waals surface area contributed by atoms with Crippen molar-refractivity contribution in [1.29, 1.82) is 0 Å². The predicted molar refractivity (Wildman–Crippen MR) is 109 cm³/mol. The third kappa shape index (κ3) is 4.70. The predicted octanol–water partition coefficient (Wildman–Crippen LogP) is 5.91. The SMILES string of the molecule is Cc1nc(N2CCC(C)(C)CC2)c(C(O)(F)F)nc1Sc1cccc(Cl)c1Cl. The van der Waals surface area contributed by atoms with Gasteiger partial charge in [-0.15, -0.1) is 0 Å². The van der Waals surface area contributed by atoms with Crippen molar-refractivity contribution in [2.45, 2.75) is 49.6 Å². The zero-order valence-corrected chi connectivity index (χ0v) is 18.1. The van der Waals surface area contributed by atoms with Gasteiger partial charge in [-0.05, 0) is 37.3 Å². The van der Waals surface area contributed by atoms with Crippen LogP contribution in [0, 0.1) is 12.3 Å². The van der Waals surface area contributed by atoms with E-state index >= 15 is 0 Å². The second kappa shape index (κ2) is 7.94. The molecule has 0 amide bonds. The Hall–Kier alpha value is -1.15. The van der Waals surface area contributed by atoms with Crippen LogP contribution in [0.5, 0.6) is 0 Å². The van der Waals surface area contributed by atoms with Crippen LogP contribution in [-0.4, -0.2) is 28.2 Å². The van der Waals surface area contributed by atoms with Crippen LogP contribution in [0.25, 0.3) is 0 Å². The number of hydrogen-bond acceptors (Lipinski definition) is 5. The van der Waals surface area contributed by atoms with Gasteiger partial charge < -0.3 is 10.0 Å². The Morgan fingerprint density at radius 3 is 2.43 bits per heavy atom. The van der Waals surface area contributed by atoms with Crippen molar-refractivity contribution in [3.05, 3.63) is 39.6 Å². The van der Waals surface area contributed by atoms with Crippen molar-refractivity contribution in [2.24, 2.45) is 5.41 Å². The van der Waals surface area contributed by atoms with E-state index < -0.39 is 11.8 Å². The number of aliphatic hydroxyl groups is 1. The summed E-state index contributed by atoms with van der Waals surface area (Å²) in [4.78, 5) is 10.8. The lowest BCUT2D eigenvalue weighted by Crippen LogP contribution is -2.39. The Morgan fingerprint density at radius 1 is 1.18 bits per heavy atom. The van der Waals surface area contributed by atoms with Crippen LogP contribution in [0.4, 0.5) is 14.6 Å². The van der Waals surface area contributed by atoms with Gasteiger partial charge in [0.1, 0.15) is 5.03 Å². The van der Waals surface area contributed by atoms with Crippen molar-refractivity contribution < 1.29 is 13.9 Å². The van der Waals surface area contributed by atoms with E-state index in [1.165, 1.54) is 0 Å². The van der Waals surface area contributed by atoms with E-state index in [9.17, 15) is 13.9 Å². The largest absolute Gasteiger partial charge is 0.401 e. The highest BCUT2D eigenvalue weighted by Gasteiger charge is 2.38. The van der Waals surface area contributed by atoms with E-state index in [-0.39, 0.29) is 16.3 Å². The summed E-state index contributed by atoms with van der Waals surface area (Å²) in [6.45, 7) is 7.16. The van der Waals surface area contributed by atoms with E-state index in [0.29, 0.717) is 33.7 Å². The van der Waals surface area contributed by atoms with Crippen molar-refractivity contribution >= 4 is 40.8 Å². The Labute approximate surface area is 177 Å². The Kier molecular flexibility index (Phi) is 6.11. The van der Waals surface area contributed by atoms with Crippen molar-refractivity contribution in [3.63, 3.8) is 0 Å². The molecule has 2 aromatic rings. The second-order valence-electron chi connectivity index (χ2n) is 7.63. The average Bonchev–Trinajstić information content (AvgIpc) is 2.59. The summed E-state index contributed by atoms with van der Waals surface area (Å²) in [6, 6.07) is 5.07. The van der Waals surface area contributed by atoms with Crippen LogP contribution in [-0.2, 0) is 6.11 Å². The number of benzene rings is 1. The maximum atomic E-state index is 14.0. The molecule has 3 rings (SSSR count). The lowest BCUT2D eigenvalue weighted by molar-refractivity contribution is -0.211. The lowest BCUT2D eigenvalue weighted by atomic mass is 9.82. The number of piperidine rings is 1. The summed E-state index contributed by atoms with van der Waals surface area (Å²) in [5.41, 5.74) is -0.104. The van der Waals surface area contributed by atoms with Crippen LogP contribution in [0.1, 0.15) is 38.1 Å². The number of anilines is 1. The molecule has 0 spiro atoms. The highest BCUT2D eigenvalue weighted by Crippen LogP contribution is 2.41. The molecule has 0 bridgehead atoms. The van der Waals surface area contributed by atoms with Crippen molar-refractivity contribution in [3.8, 4) is 0 Å². The number of alkyl halides is 2. The standard InChI is InChI=1S/C19H21Cl2F2N3OS/c1-11-17(28-13-6-4-5-12(20)14(13)21)25-15(19(22,23)27)16(24-11)26-9-7-18(2,3)8-10-26/h4-6,27H,7-10H2,1-3H3. The molecular formula is C19H21Cl2F2N3OS. The fraction of sp³-hybridized carbons (Fsp3) is 0.474. The molecule has 1 aromatic carbocycles. The molecule has 9 heteroatoms. The van der Waals surface area contributed by atoms with Gasteiger partial charge in [0.2, 0.25) is 0 Å². The van der Waals surface area contributed by atoms with Gasteiger partial charge in [0.15, 0.2) is 11.5 Å². The van der Waals surface area contributed by atoms with Gasteiger partial charge in [0, 0.05) is 18.0 Å². The first kappa shape index (κ1) is 21.6. The summed E-state index contributed by atoms with van der Waals surface area (Å²) in [6.07, 6.45) is -2.41. The molecule has 0 unspecified atom stereocenters. The molecule has 152 valence electrons. The third-order valence-electron chi connectivity index (χ3n) is 4.83. The number of hydrogen-bond donors (Lipinski definition) is 1. The molecule has 1 fully saturated rings. The van der Waals surface area contributed by atoms with Gasteiger partial charge in [-0.1, -0.05) is 54.9 Å². The number of aryl methyl sites for hydroxylation is 1. The molecule has 2 heterocycles. The summed E-state index contributed by atoms with van der Waals surface area (Å²) in [5, 5.41) is 10.4. The molecule has 0 aliphatic carbocycles. The number of rotatable bonds is 4. The fourth-order valence-electron chi connectivity index (χ4n) is 3.00. The minimum Gasteiger partial charge on any atom is -0.355 e. The van der Waals surface area contributed by atoms with Gasteiger partial charge in [0.05, 0.1) is 15.7 Å². The molecule has 1 saturated heterocycles. The van der Waals surface area contributed by atoms with E-state index in [1.54, 1.807) is 30.0 Å². The smallest absolute Gasteiger partial charge is 0.355 e. The molecular weight excluding hydrogens is 427 g/mol. The maximum absolute atomic E-state index is 14.0. The maximum Gasteiger partial charge on any atom is 0.401 e. The second-order valence-corrected chi connectivity index (χ2v) is 9.45. The van der Waals surface area contributed by atoms with Crippen LogP contribution in [0.2, 0.25) is 10.0 Å². The minimum absolute atomic E-state index is 0.0297. The van der Waals surface area contributed by atoms with Gasteiger partial charge >= 0.3 is 6.11 Å². The molecule has 1 aliphatic rings. The Balaban J connectivity index is 1.99. The first-order valence-electron chi connectivity index (χ1n) is 8.84. The topological polar surface area (TPSA) is 49.2 Å². The molecule has 1 aliphatic heterocycles. The highest BCUT2D eigenvalue weighted by atomic mass is 35.5. The van der Waals surface area contributed by atoms with Crippen LogP contribution >= 0.6 is 35.0 Å². The number of aromatic nitrogens is 2. The first-order chi connectivity index (χ1) is 13.0. The van der Waals surface area contributed by atoms with Crippen LogP contribution in [0.3, 0.4) is 0 Å². The van der Waals surface area contributed by atoms with E-state index in [2.05, 4.69) is 23.8 Å². The normalized spacial score (nSPS) is 17.1. The first-order valence-corrected chi connectivity index (χ1v) is 10.4. The lowest BCUT2D eigenvalue weighted by Gasteiger charge is -2.38. The van der Waals surface area contributed by atoms with E-state index in [1.807, 2.05) is 0 Å². The minimum atomic E-state index is -4.10. The van der Waals surface area contributed by atoms with Crippen molar-refractivity contribution in [2.75, 3.05) is 18.0 Å². The Morgan fingerprint density at radius 2 is 1.82 bits per heavy atom. The summed E-state index contributed by atoms with van der Waals surface area (Å²) >= 11 is 13.3. The summed E-state index contributed by atoms with van der Waals surface area (Å²) in [5.74, 6) is 0.0297. The molecule has 28 heavy (non-hydrogen) atoms. The molecule has 0 saturated carbocycles. The van der Waals surface area contributed by atoms with Gasteiger partial charge in [-0.3, -0.25) is 0 Å². The number of halogens is 4. The zero-order valence-electron chi connectivity index (χ0n) is 15.8. The monoisotopic (exact) mass is 447 g/mol. The van der Waals surface area contributed by atoms with Crippen LogP contribution in [0.15, 0.2) is 28.1 Å². The zero-order chi connectivity index (χ0) is 20.7. The molecule has 1 N–H and O–H groups in total. The summed E-state index contributed by atoms with van der Waals surface area (Å²) in [7, 11) is 0. The Bertz CT molecular complexity index is 880. The van der Waals surface area contributed by atoms with E-state index in [0.717, 1.165) is 24.6 Å². The molecule has 0 radical (unpaired) electrons. The van der Waals surface area contributed by atoms with Crippen LogP contribution < -0.4 is 4.90 Å². The van der Waals surface area contributed by atoms with E-state index in [4.69, 9.17) is 23.2 Å². The van der Waals surface area contributed by atoms with Crippen molar-refractivity contribution in [1.82, 2.24) is 9.97 Å². The van der Waals surface area contributed by atoms with Gasteiger partial charge in [0.25, 0.3) is 0 Å². The average molecular weight is 448 g/mol. The molecule has 0 atom stereocenters. The fourth-order valence-corrected chi connectivity index (χ4v) is 4.36. The molecule has 1 aromatic heterocycles. The third-order valence-corrected chi connectivity index (χ3v) is 6.90. The summed E-state index contributed by atoms with van der Waals surface area (Å²) < 4.78 is 28.0. The quantitative estimate of drug-likeness (QED) is 0.630. The molecule has 4 nitrogen and oxygen atoms in total. The van der Waals surface area contributed by atoms with Gasteiger partial charge in [-0.25, -0.2) is 9.97 Å². The number of nitrogens with zero attached hydrogens (tertiary/aromatic N) is 3. The van der Waals surface area contributed by atoms with Gasteiger partial charge in [-0.2, -0.15) is 8.78 Å². The highest BCUT2D eigenvalue weighted by molar-refractivity contribution is 7.99.